The number of nitrogens with zero attached hydrogens (tertiary/aromatic N) is 1. The van der Waals surface area contributed by atoms with Crippen LogP contribution >= 0.6 is 0 Å². The van der Waals surface area contributed by atoms with Gasteiger partial charge in [-0.05, 0) is 36.2 Å². The summed E-state index contributed by atoms with van der Waals surface area (Å²) >= 11 is 0. The van der Waals surface area contributed by atoms with Gasteiger partial charge in [-0.2, -0.15) is 0 Å². The SMILES string of the molecule is COc1ccc(CC[NH+](C)CC(=O)Nc2ccc([N+](=O)[O-])cc2C)cc1OC. The van der Waals surface area contributed by atoms with Gasteiger partial charge in [0, 0.05) is 24.2 Å². The second-order valence-electron chi connectivity index (χ2n) is 6.63. The largest absolute Gasteiger partial charge is 0.493 e. The van der Waals surface area contributed by atoms with E-state index < -0.39 is 4.92 Å². The van der Waals surface area contributed by atoms with Crippen molar-refractivity contribution in [2.45, 2.75) is 13.3 Å². The van der Waals surface area contributed by atoms with E-state index in [1.165, 1.54) is 12.1 Å². The Labute approximate surface area is 164 Å². The molecule has 0 radical (unpaired) electrons. The van der Waals surface area contributed by atoms with Crippen molar-refractivity contribution in [1.29, 1.82) is 0 Å². The lowest BCUT2D eigenvalue weighted by atomic mass is 10.1. The number of likely N-dealkylation sites (N-methyl/N-ethyl adjacent to an activating group) is 1. The van der Waals surface area contributed by atoms with E-state index in [0.717, 1.165) is 23.4 Å². The van der Waals surface area contributed by atoms with E-state index in [1.54, 1.807) is 27.2 Å². The minimum Gasteiger partial charge on any atom is -0.493 e. The molecule has 0 aliphatic carbocycles. The molecular formula is C20H26N3O5+. The van der Waals surface area contributed by atoms with Crippen LogP contribution in [0.5, 0.6) is 11.5 Å². The van der Waals surface area contributed by atoms with Gasteiger partial charge in [0.2, 0.25) is 0 Å². The first-order valence-electron chi connectivity index (χ1n) is 8.91. The van der Waals surface area contributed by atoms with Crippen LogP contribution in [0.1, 0.15) is 11.1 Å². The molecule has 1 unspecified atom stereocenters. The van der Waals surface area contributed by atoms with E-state index in [9.17, 15) is 14.9 Å². The predicted octanol–water partition coefficient (Wildman–Crippen LogP) is 1.62. The van der Waals surface area contributed by atoms with Crippen LogP contribution in [0.3, 0.4) is 0 Å². The van der Waals surface area contributed by atoms with E-state index in [0.29, 0.717) is 29.3 Å². The molecule has 150 valence electrons. The van der Waals surface area contributed by atoms with Crippen molar-refractivity contribution in [2.24, 2.45) is 0 Å². The maximum absolute atomic E-state index is 12.3. The third kappa shape index (κ3) is 5.68. The Bertz CT molecular complexity index is 854. The summed E-state index contributed by atoms with van der Waals surface area (Å²) in [5, 5.41) is 13.6. The highest BCUT2D eigenvalue weighted by Gasteiger charge is 2.14. The highest BCUT2D eigenvalue weighted by Crippen LogP contribution is 2.27. The molecular weight excluding hydrogens is 362 g/mol. The van der Waals surface area contributed by atoms with E-state index >= 15 is 0 Å². The maximum Gasteiger partial charge on any atom is 0.279 e. The van der Waals surface area contributed by atoms with Crippen LogP contribution in [0.2, 0.25) is 0 Å². The molecule has 0 saturated heterocycles. The predicted molar refractivity (Wildman–Crippen MR) is 106 cm³/mol. The van der Waals surface area contributed by atoms with Gasteiger partial charge >= 0.3 is 0 Å². The van der Waals surface area contributed by atoms with Gasteiger partial charge in [-0.3, -0.25) is 14.9 Å². The van der Waals surface area contributed by atoms with Crippen molar-refractivity contribution >= 4 is 17.3 Å². The molecule has 0 aliphatic heterocycles. The lowest BCUT2D eigenvalue weighted by Crippen LogP contribution is -3.10. The molecule has 0 spiro atoms. The number of carbonyl (C=O) groups excluding carboxylic acids is 1. The van der Waals surface area contributed by atoms with Gasteiger partial charge in [-0.25, -0.2) is 0 Å². The number of aryl methyl sites for hydroxylation is 1. The number of anilines is 1. The fourth-order valence-electron chi connectivity index (χ4n) is 2.85. The summed E-state index contributed by atoms with van der Waals surface area (Å²) in [5.41, 5.74) is 2.35. The molecule has 0 saturated carbocycles. The quantitative estimate of drug-likeness (QED) is 0.503. The van der Waals surface area contributed by atoms with Crippen LogP contribution < -0.4 is 19.7 Å². The topological polar surface area (TPSA) is 95.1 Å². The number of nitrogens with one attached hydrogen (secondary N) is 2. The first-order chi connectivity index (χ1) is 13.3. The van der Waals surface area contributed by atoms with Gasteiger partial charge in [0.05, 0.1) is 32.7 Å². The molecule has 0 aliphatic rings. The number of methoxy groups -OCH3 is 2. The summed E-state index contributed by atoms with van der Waals surface area (Å²) in [4.78, 5) is 23.7. The second kappa shape index (κ2) is 9.70. The summed E-state index contributed by atoms with van der Waals surface area (Å²) in [7, 11) is 5.15. The smallest absolute Gasteiger partial charge is 0.279 e. The zero-order valence-electron chi connectivity index (χ0n) is 16.6. The molecule has 0 bridgehead atoms. The molecule has 2 aromatic rings. The van der Waals surface area contributed by atoms with Gasteiger partial charge in [-0.15, -0.1) is 0 Å². The van der Waals surface area contributed by atoms with Crippen molar-refractivity contribution in [2.75, 3.05) is 39.7 Å². The Kier molecular flexibility index (Phi) is 7.34. The number of benzene rings is 2. The first-order valence-corrected chi connectivity index (χ1v) is 8.91. The number of quaternary nitrogens is 1. The Morgan fingerprint density at radius 1 is 1.14 bits per heavy atom. The third-order valence-corrected chi connectivity index (χ3v) is 4.45. The lowest BCUT2D eigenvalue weighted by molar-refractivity contribution is -0.870. The van der Waals surface area contributed by atoms with Crippen molar-refractivity contribution in [1.82, 2.24) is 0 Å². The number of ether oxygens (including phenoxy) is 2. The highest BCUT2D eigenvalue weighted by molar-refractivity contribution is 5.92. The van der Waals surface area contributed by atoms with Crippen LogP contribution in [-0.2, 0) is 11.2 Å². The summed E-state index contributed by atoms with van der Waals surface area (Å²) in [5.74, 6) is 1.23. The fourth-order valence-corrected chi connectivity index (χ4v) is 2.85. The molecule has 1 amide bonds. The Hall–Kier alpha value is -3.13. The average Bonchev–Trinajstić information content (AvgIpc) is 2.67. The Morgan fingerprint density at radius 2 is 1.86 bits per heavy atom. The average molecular weight is 388 g/mol. The summed E-state index contributed by atoms with van der Waals surface area (Å²) in [6.07, 6.45) is 0.788. The third-order valence-electron chi connectivity index (χ3n) is 4.45. The molecule has 8 heteroatoms. The van der Waals surface area contributed by atoms with Crippen LogP contribution in [0.25, 0.3) is 0 Å². The van der Waals surface area contributed by atoms with Gasteiger partial charge in [0.15, 0.2) is 18.0 Å². The second-order valence-corrected chi connectivity index (χ2v) is 6.63. The minimum absolute atomic E-state index is 0.00756. The molecule has 2 N–H and O–H groups in total. The van der Waals surface area contributed by atoms with Crippen molar-refractivity contribution in [3.05, 3.63) is 57.6 Å². The van der Waals surface area contributed by atoms with E-state index in [-0.39, 0.29) is 11.6 Å². The van der Waals surface area contributed by atoms with Crippen molar-refractivity contribution in [3.63, 3.8) is 0 Å². The monoisotopic (exact) mass is 388 g/mol. The van der Waals surface area contributed by atoms with Gasteiger partial charge in [-0.1, -0.05) is 6.07 Å². The number of hydrogen-bond donors (Lipinski definition) is 2. The van der Waals surface area contributed by atoms with E-state index in [1.807, 2.05) is 25.2 Å². The molecule has 1 atom stereocenters. The summed E-state index contributed by atoms with van der Waals surface area (Å²) in [6, 6.07) is 10.2. The number of hydrogen-bond acceptors (Lipinski definition) is 5. The molecule has 0 heterocycles. The Balaban J connectivity index is 1.88. The molecule has 0 fully saturated rings. The standard InChI is InChI=1S/C20H25N3O5/c1-14-11-16(23(25)26)6-7-17(14)21-20(24)13-22(2)10-9-15-5-8-18(27-3)19(12-15)28-4/h5-8,11-12H,9-10,13H2,1-4H3,(H,21,24)/p+1. The molecule has 2 aromatic carbocycles. The Morgan fingerprint density at radius 3 is 2.46 bits per heavy atom. The van der Waals surface area contributed by atoms with E-state index in [2.05, 4.69) is 5.32 Å². The van der Waals surface area contributed by atoms with Crippen LogP contribution in [0, 0.1) is 17.0 Å². The molecule has 0 aromatic heterocycles. The number of non-ortho nitro benzene ring substituents is 1. The fraction of sp³-hybridized carbons (Fsp3) is 0.350. The maximum atomic E-state index is 12.3. The van der Waals surface area contributed by atoms with E-state index in [4.69, 9.17) is 9.47 Å². The number of rotatable bonds is 9. The molecule has 8 nitrogen and oxygen atoms in total. The van der Waals surface area contributed by atoms with Crippen molar-refractivity contribution < 1.29 is 24.1 Å². The number of nitro groups is 1. The van der Waals surface area contributed by atoms with Gasteiger partial charge < -0.3 is 19.7 Å². The van der Waals surface area contributed by atoms with Crippen LogP contribution in [0.15, 0.2) is 36.4 Å². The first kappa shape index (κ1) is 21.2. The number of nitro benzene ring substituents is 1. The van der Waals surface area contributed by atoms with Gasteiger partial charge in [0.1, 0.15) is 0 Å². The van der Waals surface area contributed by atoms with Crippen molar-refractivity contribution in [3.8, 4) is 11.5 Å². The minimum atomic E-state index is -0.454. The zero-order chi connectivity index (χ0) is 20.7. The number of amides is 1. The van der Waals surface area contributed by atoms with Crippen LogP contribution in [-0.4, -0.2) is 45.2 Å². The zero-order valence-corrected chi connectivity index (χ0v) is 16.6. The summed E-state index contributed by atoms with van der Waals surface area (Å²) in [6.45, 7) is 2.79. The van der Waals surface area contributed by atoms with Gasteiger partial charge in [0.25, 0.3) is 11.6 Å². The highest BCUT2D eigenvalue weighted by atomic mass is 16.6. The summed E-state index contributed by atoms with van der Waals surface area (Å²) < 4.78 is 10.5. The molecule has 28 heavy (non-hydrogen) atoms. The van der Waals surface area contributed by atoms with Crippen LogP contribution in [0.4, 0.5) is 11.4 Å². The number of carbonyl (C=O) groups is 1. The normalized spacial score (nSPS) is 11.6. The lowest BCUT2D eigenvalue weighted by Gasteiger charge is -2.15. The molecule has 2 rings (SSSR count).